The molecule has 0 aliphatic rings. The van der Waals surface area contributed by atoms with Crippen molar-refractivity contribution in [3.05, 3.63) is 24.0 Å². The maximum Gasteiger partial charge on any atom is 1.00 e. The van der Waals surface area contributed by atoms with Crippen molar-refractivity contribution in [1.29, 1.82) is 0 Å². The van der Waals surface area contributed by atoms with Crippen LogP contribution >= 0.6 is 0 Å². The van der Waals surface area contributed by atoms with E-state index in [0.717, 1.165) is 0 Å². The minimum atomic E-state index is -0.437. The Morgan fingerprint density at radius 2 is 1.92 bits per heavy atom. The van der Waals surface area contributed by atoms with E-state index in [9.17, 15) is 4.39 Å². The van der Waals surface area contributed by atoms with E-state index in [-0.39, 0.29) is 24.6 Å². The molecule has 0 amide bonds. The van der Waals surface area contributed by atoms with Crippen LogP contribution < -0.4 is 28.3 Å². The van der Waals surface area contributed by atoms with Gasteiger partial charge in [0.2, 0.25) is 0 Å². The first-order valence-electron chi connectivity index (χ1n) is 3.07. The third kappa shape index (κ3) is 2.44. The maximum absolute atomic E-state index is 12.7. The smallest absolute Gasteiger partial charge is 0.522 e. The number of hydrogen-bond donors (Lipinski definition) is 0. The molecule has 0 aliphatic heterocycles. The second-order valence-corrected chi connectivity index (χ2v) is 1.91. The van der Waals surface area contributed by atoms with Gasteiger partial charge in [0.15, 0.2) is 0 Å². The molecule has 0 radical (unpaired) electrons. The first-order valence-corrected chi connectivity index (χ1v) is 3.07. The molecule has 4 heteroatoms. The van der Waals surface area contributed by atoms with Crippen LogP contribution in [-0.2, 0) is 0 Å². The molecule has 12 heavy (non-hydrogen) atoms. The number of halogens is 1. The molecule has 1 aromatic rings. The van der Waals surface area contributed by atoms with Gasteiger partial charge in [-0.15, -0.1) is 12.1 Å². The minimum absolute atomic E-state index is 0. The molecule has 0 fully saturated rings. The monoisotopic (exact) mass is 162 g/mol. The molecule has 0 bridgehead atoms. The summed E-state index contributed by atoms with van der Waals surface area (Å²) in [4.78, 5) is 0. The van der Waals surface area contributed by atoms with E-state index < -0.39 is 5.82 Å². The van der Waals surface area contributed by atoms with Gasteiger partial charge in [-0.3, -0.25) is 4.39 Å². The largest absolute Gasteiger partial charge is 1.00 e. The Balaban J connectivity index is 0.00000121. The Kier molecular flexibility index (Phi) is 4.80. The maximum atomic E-state index is 12.7. The fourth-order valence-corrected chi connectivity index (χ4v) is 0.705. The van der Waals surface area contributed by atoms with E-state index in [4.69, 9.17) is 4.74 Å². The molecule has 0 aromatic heterocycles. The molecule has 1 aromatic carbocycles. The fraction of sp³-hybridized carbons (Fsp3) is 0.250. The van der Waals surface area contributed by atoms with Gasteiger partial charge in [0.05, 0.1) is 14.2 Å². The number of rotatable bonds is 2. The van der Waals surface area contributed by atoms with Crippen LogP contribution in [0.15, 0.2) is 12.1 Å². The predicted molar refractivity (Wildman–Crippen MR) is 38.3 cm³/mol. The Hall–Kier alpha value is -0.653. The van der Waals surface area contributed by atoms with Crippen molar-refractivity contribution in [3.8, 4) is 11.5 Å². The van der Waals surface area contributed by atoms with E-state index in [2.05, 4.69) is 10.8 Å². The summed E-state index contributed by atoms with van der Waals surface area (Å²) in [6.07, 6.45) is 0. The van der Waals surface area contributed by atoms with Gasteiger partial charge in [-0.25, -0.2) is 0 Å². The van der Waals surface area contributed by atoms with E-state index in [1.54, 1.807) is 0 Å². The van der Waals surface area contributed by atoms with Crippen LogP contribution in [0, 0.1) is 11.9 Å². The van der Waals surface area contributed by atoms with Crippen molar-refractivity contribution in [2.45, 2.75) is 0 Å². The third-order valence-corrected chi connectivity index (χ3v) is 1.26. The second-order valence-electron chi connectivity index (χ2n) is 1.91. The quantitative estimate of drug-likeness (QED) is 0.395. The Bertz CT molecular complexity index is 253. The number of methoxy groups -OCH3 is 2. The molecule has 0 heterocycles. The van der Waals surface area contributed by atoms with Gasteiger partial charge in [-0.2, -0.15) is 0 Å². The van der Waals surface area contributed by atoms with Gasteiger partial charge >= 0.3 is 18.9 Å². The zero-order valence-corrected chi connectivity index (χ0v) is 7.35. The van der Waals surface area contributed by atoms with Crippen LogP contribution in [-0.4, -0.2) is 14.2 Å². The Labute approximate surface area is 82.9 Å². The molecule has 0 N–H and O–H groups in total. The summed E-state index contributed by atoms with van der Waals surface area (Å²) in [6, 6.07) is 5.35. The molecule has 2 nitrogen and oxygen atoms in total. The predicted octanol–water partition coefficient (Wildman–Crippen LogP) is -1.35. The van der Waals surface area contributed by atoms with Crippen LogP contribution in [0.25, 0.3) is 0 Å². The van der Waals surface area contributed by atoms with Crippen LogP contribution in [0.4, 0.5) is 4.39 Å². The standard InChI is InChI=1S/C8H8FO2.Li/c1-10-6-3-4-7(9)8(5-6)11-2;/h3-4H,1-2H3;/q-1;+1. The van der Waals surface area contributed by atoms with E-state index >= 15 is 0 Å². The zero-order chi connectivity index (χ0) is 8.27. The summed E-state index contributed by atoms with van der Waals surface area (Å²) in [5.41, 5.74) is 0. The summed E-state index contributed by atoms with van der Waals surface area (Å²) in [5, 5.41) is 0. The Morgan fingerprint density at radius 1 is 1.25 bits per heavy atom. The molecule has 0 saturated heterocycles. The summed E-state index contributed by atoms with van der Waals surface area (Å²) >= 11 is 0. The summed E-state index contributed by atoms with van der Waals surface area (Å²) < 4.78 is 22.2. The van der Waals surface area contributed by atoms with Gasteiger partial charge in [0.1, 0.15) is 0 Å². The van der Waals surface area contributed by atoms with Crippen molar-refractivity contribution in [3.63, 3.8) is 0 Å². The molecule has 0 spiro atoms. The number of benzene rings is 1. The molecule has 60 valence electrons. The van der Waals surface area contributed by atoms with Crippen molar-refractivity contribution in [2.75, 3.05) is 14.2 Å². The van der Waals surface area contributed by atoms with Gasteiger partial charge in [0, 0.05) is 17.3 Å². The van der Waals surface area contributed by atoms with E-state index in [1.807, 2.05) is 0 Å². The van der Waals surface area contributed by atoms with Crippen molar-refractivity contribution < 1.29 is 32.7 Å². The van der Waals surface area contributed by atoms with Crippen molar-refractivity contribution >= 4 is 0 Å². The number of ether oxygens (including phenoxy) is 2. The van der Waals surface area contributed by atoms with Gasteiger partial charge in [-0.1, -0.05) is 6.07 Å². The van der Waals surface area contributed by atoms with Crippen LogP contribution in [0.5, 0.6) is 11.5 Å². The molecule has 1 rings (SSSR count). The second kappa shape index (κ2) is 5.07. The van der Waals surface area contributed by atoms with E-state index in [1.165, 1.54) is 26.4 Å². The summed E-state index contributed by atoms with van der Waals surface area (Å²) in [5.74, 6) is 0.0981. The van der Waals surface area contributed by atoms with Crippen LogP contribution in [0.1, 0.15) is 0 Å². The van der Waals surface area contributed by atoms with Gasteiger partial charge < -0.3 is 9.47 Å². The first-order chi connectivity index (χ1) is 5.27. The molecule has 0 aliphatic carbocycles. The molecular formula is C8H8FLiO2. The van der Waals surface area contributed by atoms with E-state index in [0.29, 0.717) is 5.75 Å². The normalized spacial score (nSPS) is 8.58. The van der Waals surface area contributed by atoms with Gasteiger partial charge in [-0.05, 0) is 0 Å². The van der Waals surface area contributed by atoms with Crippen molar-refractivity contribution in [1.82, 2.24) is 0 Å². The van der Waals surface area contributed by atoms with Crippen molar-refractivity contribution in [2.24, 2.45) is 0 Å². The molecular weight excluding hydrogens is 154 g/mol. The third-order valence-electron chi connectivity index (χ3n) is 1.26. The average molecular weight is 162 g/mol. The Morgan fingerprint density at radius 3 is 2.42 bits per heavy atom. The van der Waals surface area contributed by atoms with Crippen LogP contribution in [0.2, 0.25) is 0 Å². The summed E-state index contributed by atoms with van der Waals surface area (Å²) in [6.45, 7) is 0. The first kappa shape index (κ1) is 11.3. The zero-order valence-electron chi connectivity index (χ0n) is 7.35. The molecule has 0 unspecified atom stereocenters. The summed E-state index contributed by atoms with van der Waals surface area (Å²) in [7, 11) is 2.87. The average Bonchev–Trinajstić information content (AvgIpc) is 2.05. The molecule has 0 atom stereocenters. The minimum Gasteiger partial charge on any atom is -0.522 e. The SMILES string of the molecule is COc1[c-]c(OC)c(F)cc1.[Li+]. The number of hydrogen-bond acceptors (Lipinski definition) is 2. The topological polar surface area (TPSA) is 18.5 Å². The molecule has 0 saturated carbocycles. The fourth-order valence-electron chi connectivity index (χ4n) is 0.705. The van der Waals surface area contributed by atoms with Crippen LogP contribution in [0.3, 0.4) is 0 Å². The van der Waals surface area contributed by atoms with Gasteiger partial charge in [0.25, 0.3) is 0 Å².